The lowest BCUT2D eigenvalue weighted by molar-refractivity contribution is 0.100. The Morgan fingerprint density at radius 2 is 1.66 bits per heavy atom. The number of benzene rings is 3. The van der Waals surface area contributed by atoms with Crippen LogP contribution in [0.4, 0.5) is 23.4 Å². The number of rotatable bonds is 5. The zero-order valence-corrected chi connectivity index (χ0v) is 18.4. The molecular formula is C25H19F4N5O. The Morgan fingerprint density at radius 3 is 2.34 bits per heavy atom. The molecule has 3 N–H and O–H groups in total. The van der Waals surface area contributed by atoms with Crippen molar-refractivity contribution < 1.29 is 22.4 Å². The van der Waals surface area contributed by atoms with Gasteiger partial charge in [-0.2, -0.15) is 10.1 Å². The highest BCUT2D eigenvalue weighted by molar-refractivity contribution is 6.06. The van der Waals surface area contributed by atoms with Crippen molar-refractivity contribution in [2.24, 2.45) is 4.99 Å². The Kier molecular flexibility index (Phi) is 6.91. The molecular weight excluding hydrogens is 462 g/mol. The van der Waals surface area contributed by atoms with E-state index in [2.05, 4.69) is 25.8 Å². The fraction of sp³-hybridized carbons (Fsp3) is 0.0800. The Morgan fingerprint density at radius 1 is 0.971 bits per heavy atom. The number of aromatic nitrogens is 2. The second kappa shape index (κ2) is 10.2. The number of carbonyl (C=O) groups excluding carboxylic acids is 1. The average Bonchev–Trinajstić information content (AvgIpc) is 3.30. The number of halogens is 4. The van der Waals surface area contributed by atoms with Gasteiger partial charge in [0.2, 0.25) is 5.96 Å². The van der Waals surface area contributed by atoms with Gasteiger partial charge in [0.05, 0.1) is 5.69 Å². The van der Waals surface area contributed by atoms with Crippen molar-refractivity contribution in [1.29, 1.82) is 0 Å². The molecule has 1 aromatic heterocycles. The van der Waals surface area contributed by atoms with Crippen LogP contribution in [0.1, 0.15) is 21.5 Å². The first kappa shape index (κ1) is 23.7. The number of H-pyrrole nitrogens is 1. The van der Waals surface area contributed by atoms with Gasteiger partial charge in [-0.05, 0) is 54.4 Å². The van der Waals surface area contributed by atoms with E-state index in [9.17, 15) is 22.4 Å². The number of aromatic amines is 1. The molecule has 4 rings (SSSR count). The van der Waals surface area contributed by atoms with E-state index >= 15 is 0 Å². The lowest BCUT2D eigenvalue weighted by Crippen LogP contribution is -2.31. The number of nitrogens with zero attached hydrogens (tertiary/aromatic N) is 2. The molecule has 178 valence electrons. The Labute approximate surface area is 197 Å². The number of anilines is 1. The van der Waals surface area contributed by atoms with Gasteiger partial charge >= 0.3 is 0 Å². The van der Waals surface area contributed by atoms with E-state index in [-0.39, 0.29) is 18.3 Å². The van der Waals surface area contributed by atoms with Crippen LogP contribution in [0.5, 0.6) is 0 Å². The van der Waals surface area contributed by atoms with E-state index in [0.29, 0.717) is 29.2 Å². The van der Waals surface area contributed by atoms with Crippen molar-refractivity contribution in [2.75, 3.05) is 5.32 Å². The van der Waals surface area contributed by atoms with Gasteiger partial charge in [-0.3, -0.25) is 9.89 Å². The highest BCUT2D eigenvalue weighted by Gasteiger charge is 2.16. The Balaban J connectivity index is 1.60. The SMILES string of the molecule is Cc1ccccc1CN/C(=N/C(=O)c1cc(F)c(F)c(F)c1)Nc1cc(-c2ccc(F)cc2)n[nH]1. The summed E-state index contributed by atoms with van der Waals surface area (Å²) in [5.74, 6) is -5.76. The van der Waals surface area contributed by atoms with Crippen LogP contribution in [-0.4, -0.2) is 22.1 Å². The first-order chi connectivity index (χ1) is 16.8. The lowest BCUT2D eigenvalue weighted by Gasteiger charge is -2.12. The molecule has 1 amide bonds. The van der Waals surface area contributed by atoms with E-state index in [0.717, 1.165) is 11.1 Å². The van der Waals surface area contributed by atoms with Crippen LogP contribution in [-0.2, 0) is 6.54 Å². The molecule has 4 aromatic rings. The van der Waals surface area contributed by atoms with Crippen LogP contribution in [0.15, 0.2) is 71.7 Å². The Bertz CT molecular complexity index is 1380. The lowest BCUT2D eigenvalue weighted by atomic mass is 10.1. The van der Waals surface area contributed by atoms with Crippen molar-refractivity contribution in [1.82, 2.24) is 15.5 Å². The summed E-state index contributed by atoms with van der Waals surface area (Å²) in [4.78, 5) is 16.5. The summed E-state index contributed by atoms with van der Waals surface area (Å²) in [6.07, 6.45) is 0. The number of amides is 1. The van der Waals surface area contributed by atoms with E-state index in [1.54, 1.807) is 18.2 Å². The molecule has 0 radical (unpaired) electrons. The van der Waals surface area contributed by atoms with E-state index < -0.39 is 28.9 Å². The molecule has 1 heterocycles. The molecule has 10 heteroatoms. The summed E-state index contributed by atoms with van der Waals surface area (Å²) in [7, 11) is 0. The van der Waals surface area contributed by atoms with Gasteiger partial charge in [0.15, 0.2) is 17.5 Å². The predicted octanol–water partition coefficient (Wildman–Crippen LogP) is 5.34. The van der Waals surface area contributed by atoms with E-state index in [4.69, 9.17) is 0 Å². The normalized spacial score (nSPS) is 11.4. The van der Waals surface area contributed by atoms with Crippen molar-refractivity contribution in [3.8, 4) is 11.3 Å². The molecule has 0 unspecified atom stereocenters. The number of nitrogens with one attached hydrogen (secondary N) is 3. The summed E-state index contributed by atoms with van der Waals surface area (Å²) in [5, 5.41) is 12.8. The fourth-order valence-corrected chi connectivity index (χ4v) is 3.23. The number of carbonyl (C=O) groups is 1. The van der Waals surface area contributed by atoms with E-state index in [1.807, 2.05) is 31.2 Å². The van der Waals surface area contributed by atoms with Gasteiger partial charge in [0, 0.05) is 23.7 Å². The minimum Gasteiger partial charge on any atom is -0.352 e. The van der Waals surface area contributed by atoms with Gasteiger partial charge in [-0.1, -0.05) is 24.3 Å². The van der Waals surface area contributed by atoms with Gasteiger partial charge in [0.25, 0.3) is 5.91 Å². The molecule has 0 aliphatic heterocycles. The highest BCUT2D eigenvalue weighted by Crippen LogP contribution is 2.20. The maximum absolute atomic E-state index is 13.6. The fourth-order valence-electron chi connectivity index (χ4n) is 3.23. The van der Waals surface area contributed by atoms with Crippen LogP contribution in [0, 0.1) is 30.2 Å². The summed E-state index contributed by atoms with van der Waals surface area (Å²) >= 11 is 0. The minimum absolute atomic E-state index is 0.0438. The van der Waals surface area contributed by atoms with Gasteiger partial charge in [0.1, 0.15) is 11.6 Å². The van der Waals surface area contributed by atoms with Crippen LogP contribution in [0.2, 0.25) is 0 Å². The number of aliphatic imine (C=N–C) groups is 1. The zero-order valence-electron chi connectivity index (χ0n) is 18.4. The standard InChI is InChI=1S/C25H19F4N5O/c1-14-4-2-3-5-16(14)13-30-25(32-24(35)17-10-19(27)23(29)20(28)11-17)31-22-12-21(33-34-22)15-6-8-18(26)9-7-15/h2-12H,13H2,1H3,(H3,30,31,32,33,34,35). The largest absolute Gasteiger partial charge is 0.352 e. The zero-order chi connectivity index (χ0) is 24.9. The van der Waals surface area contributed by atoms with Gasteiger partial charge in [-0.25, -0.2) is 17.6 Å². The minimum atomic E-state index is -1.67. The van der Waals surface area contributed by atoms with Crippen LogP contribution in [0.25, 0.3) is 11.3 Å². The number of aryl methyl sites for hydroxylation is 1. The third kappa shape index (κ3) is 5.72. The summed E-state index contributed by atoms with van der Waals surface area (Å²) in [6.45, 7) is 2.19. The predicted molar refractivity (Wildman–Crippen MR) is 124 cm³/mol. The second-order valence-corrected chi connectivity index (χ2v) is 7.60. The van der Waals surface area contributed by atoms with E-state index in [1.165, 1.54) is 12.1 Å². The maximum Gasteiger partial charge on any atom is 0.280 e. The summed E-state index contributed by atoms with van der Waals surface area (Å²) < 4.78 is 53.7. The maximum atomic E-state index is 13.6. The quantitative estimate of drug-likeness (QED) is 0.156. The molecule has 0 bridgehead atoms. The van der Waals surface area contributed by atoms with Gasteiger partial charge in [-0.15, -0.1) is 0 Å². The first-order valence-corrected chi connectivity index (χ1v) is 10.4. The molecule has 0 saturated heterocycles. The van der Waals surface area contributed by atoms with Crippen LogP contribution in [0.3, 0.4) is 0 Å². The van der Waals surface area contributed by atoms with Gasteiger partial charge < -0.3 is 10.6 Å². The molecule has 35 heavy (non-hydrogen) atoms. The van der Waals surface area contributed by atoms with Crippen LogP contribution < -0.4 is 10.6 Å². The monoisotopic (exact) mass is 481 g/mol. The second-order valence-electron chi connectivity index (χ2n) is 7.60. The number of guanidine groups is 1. The molecule has 0 atom stereocenters. The van der Waals surface area contributed by atoms with Crippen molar-refractivity contribution in [3.05, 3.63) is 107 Å². The third-order valence-electron chi connectivity index (χ3n) is 5.12. The molecule has 0 aliphatic carbocycles. The van der Waals surface area contributed by atoms with Crippen LogP contribution >= 0.6 is 0 Å². The van der Waals surface area contributed by atoms with Crippen molar-refractivity contribution in [2.45, 2.75) is 13.5 Å². The topological polar surface area (TPSA) is 82.2 Å². The average molecular weight is 481 g/mol. The third-order valence-corrected chi connectivity index (χ3v) is 5.12. The molecule has 0 aliphatic rings. The first-order valence-electron chi connectivity index (χ1n) is 10.4. The molecule has 0 fully saturated rings. The number of hydrogen-bond acceptors (Lipinski definition) is 2. The van der Waals surface area contributed by atoms with Crippen molar-refractivity contribution in [3.63, 3.8) is 0 Å². The molecule has 6 nitrogen and oxygen atoms in total. The smallest absolute Gasteiger partial charge is 0.280 e. The molecule has 0 spiro atoms. The molecule has 0 saturated carbocycles. The van der Waals surface area contributed by atoms with Crippen molar-refractivity contribution >= 4 is 17.7 Å². The Hall–Kier alpha value is -4.47. The highest BCUT2D eigenvalue weighted by atomic mass is 19.2. The number of hydrogen-bond donors (Lipinski definition) is 3. The summed E-state index contributed by atoms with van der Waals surface area (Å²) in [6, 6.07) is 16.0. The molecule has 3 aromatic carbocycles. The summed E-state index contributed by atoms with van der Waals surface area (Å²) in [5.41, 5.74) is 2.60.